The third kappa shape index (κ3) is 6.68. The van der Waals surface area contributed by atoms with Gasteiger partial charge in [-0.3, -0.25) is 5.43 Å². The zero-order chi connectivity index (χ0) is 19.6. The van der Waals surface area contributed by atoms with E-state index in [0.29, 0.717) is 5.11 Å². The minimum absolute atomic E-state index is 0.478. The zero-order valence-electron chi connectivity index (χ0n) is 16.7. The van der Waals surface area contributed by atoms with Gasteiger partial charge in [0.15, 0.2) is 5.11 Å². The van der Waals surface area contributed by atoms with Crippen molar-refractivity contribution >= 4 is 34.9 Å². The molecule has 0 saturated carbocycles. The molecule has 0 spiro atoms. The van der Waals surface area contributed by atoms with E-state index in [1.807, 2.05) is 6.07 Å². The Labute approximate surface area is 168 Å². The van der Waals surface area contributed by atoms with Gasteiger partial charge in [0.1, 0.15) is 0 Å². The average Bonchev–Trinajstić information content (AvgIpc) is 2.66. The van der Waals surface area contributed by atoms with Crippen LogP contribution in [0.4, 0.5) is 11.4 Å². The van der Waals surface area contributed by atoms with E-state index >= 15 is 0 Å². The van der Waals surface area contributed by atoms with Crippen LogP contribution < -0.4 is 15.6 Å². The summed E-state index contributed by atoms with van der Waals surface area (Å²) < 4.78 is 0. The van der Waals surface area contributed by atoms with Gasteiger partial charge in [-0.05, 0) is 68.7 Å². The van der Waals surface area contributed by atoms with Crippen molar-refractivity contribution in [2.75, 3.05) is 23.3 Å². The molecule has 0 radical (unpaired) electrons. The van der Waals surface area contributed by atoms with Crippen LogP contribution in [0.25, 0.3) is 0 Å². The Balaban J connectivity index is 1.89. The highest BCUT2D eigenvalue weighted by Gasteiger charge is 2.03. The largest absolute Gasteiger partial charge is 0.372 e. The molecule has 0 heterocycles. The van der Waals surface area contributed by atoms with E-state index in [4.69, 9.17) is 12.2 Å². The van der Waals surface area contributed by atoms with Gasteiger partial charge in [-0.15, -0.1) is 0 Å². The molecule has 0 bridgehead atoms. The summed E-state index contributed by atoms with van der Waals surface area (Å²) in [5, 5.41) is 7.89. The molecule has 0 aliphatic carbocycles. The molecule has 0 amide bonds. The van der Waals surface area contributed by atoms with Crippen LogP contribution in [0.15, 0.2) is 47.6 Å². The summed E-state index contributed by atoms with van der Waals surface area (Å²) in [4.78, 5) is 2.39. The van der Waals surface area contributed by atoms with Gasteiger partial charge < -0.3 is 10.2 Å². The third-order valence-corrected chi connectivity index (χ3v) is 4.62. The highest BCUT2D eigenvalue weighted by Crippen LogP contribution is 2.16. The molecule has 0 fully saturated rings. The average molecular weight is 383 g/mol. The molecule has 2 aromatic rings. The van der Waals surface area contributed by atoms with Crippen LogP contribution in [0, 0.1) is 13.8 Å². The first-order valence-electron chi connectivity index (χ1n) is 9.55. The molecule has 2 aromatic carbocycles. The first kappa shape index (κ1) is 20.9. The van der Waals surface area contributed by atoms with Crippen molar-refractivity contribution in [1.82, 2.24) is 5.43 Å². The zero-order valence-corrected chi connectivity index (χ0v) is 17.6. The minimum Gasteiger partial charge on any atom is -0.372 e. The van der Waals surface area contributed by atoms with Crippen molar-refractivity contribution in [3.05, 3.63) is 59.2 Å². The quantitative estimate of drug-likeness (QED) is 0.372. The standard InChI is InChI=1S/C22H30N4S/c1-5-7-14-26(6-2)20-11-9-19(10-12-20)16-23-25-22(27)24-21-13-8-17(3)15-18(21)4/h8-13,15-16H,5-7,14H2,1-4H3,(H2,24,25,27). The number of benzene rings is 2. The van der Waals surface area contributed by atoms with Gasteiger partial charge in [0.2, 0.25) is 0 Å². The molecule has 2 rings (SSSR count). The van der Waals surface area contributed by atoms with Crippen molar-refractivity contribution in [2.45, 2.75) is 40.5 Å². The van der Waals surface area contributed by atoms with E-state index in [2.05, 4.69) is 84.8 Å². The Hall–Kier alpha value is -2.40. The topological polar surface area (TPSA) is 39.7 Å². The van der Waals surface area contributed by atoms with E-state index in [9.17, 15) is 0 Å². The van der Waals surface area contributed by atoms with Gasteiger partial charge in [0, 0.05) is 24.5 Å². The van der Waals surface area contributed by atoms with Gasteiger partial charge in [-0.2, -0.15) is 5.10 Å². The van der Waals surface area contributed by atoms with E-state index in [1.54, 1.807) is 6.21 Å². The lowest BCUT2D eigenvalue weighted by Crippen LogP contribution is -2.24. The summed E-state index contributed by atoms with van der Waals surface area (Å²) >= 11 is 5.31. The maximum absolute atomic E-state index is 5.31. The fraction of sp³-hybridized carbons (Fsp3) is 0.364. The Morgan fingerprint density at radius 3 is 2.48 bits per heavy atom. The number of anilines is 2. The summed E-state index contributed by atoms with van der Waals surface area (Å²) in [5.41, 5.74) is 8.54. The first-order chi connectivity index (χ1) is 13.0. The van der Waals surface area contributed by atoms with Gasteiger partial charge in [0.05, 0.1) is 6.21 Å². The third-order valence-electron chi connectivity index (χ3n) is 4.43. The molecular formula is C22H30N4S. The van der Waals surface area contributed by atoms with E-state index in [-0.39, 0.29) is 0 Å². The SMILES string of the molecule is CCCCN(CC)c1ccc(C=NNC(=S)Nc2ccc(C)cc2C)cc1. The fourth-order valence-corrected chi connectivity index (χ4v) is 3.02. The Morgan fingerprint density at radius 2 is 1.85 bits per heavy atom. The molecule has 0 aromatic heterocycles. The predicted molar refractivity (Wildman–Crippen MR) is 122 cm³/mol. The van der Waals surface area contributed by atoms with Crippen molar-refractivity contribution in [3.8, 4) is 0 Å². The molecule has 27 heavy (non-hydrogen) atoms. The lowest BCUT2D eigenvalue weighted by atomic mass is 10.1. The van der Waals surface area contributed by atoms with Crippen molar-refractivity contribution < 1.29 is 0 Å². The van der Waals surface area contributed by atoms with E-state index in [1.165, 1.54) is 24.1 Å². The number of thiocarbonyl (C=S) groups is 1. The van der Waals surface area contributed by atoms with Crippen LogP contribution in [-0.2, 0) is 0 Å². The lowest BCUT2D eigenvalue weighted by molar-refractivity contribution is 0.732. The minimum atomic E-state index is 0.478. The number of hydrogen-bond acceptors (Lipinski definition) is 3. The number of unbranched alkanes of at least 4 members (excludes halogenated alkanes) is 1. The summed E-state index contributed by atoms with van der Waals surface area (Å²) in [6.07, 6.45) is 4.21. The van der Waals surface area contributed by atoms with E-state index < -0.39 is 0 Å². The predicted octanol–water partition coefficient (Wildman–Crippen LogP) is 5.25. The van der Waals surface area contributed by atoms with Crippen LogP contribution in [0.1, 0.15) is 43.4 Å². The second-order valence-electron chi connectivity index (χ2n) is 6.67. The molecule has 0 aliphatic heterocycles. The number of aryl methyl sites for hydroxylation is 2. The maximum atomic E-state index is 5.31. The van der Waals surface area contributed by atoms with Crippen LogP contribution in [0.5, 0.6) is 0 Å². The number of nitrogens with one attached hydrogen (secondary N) is 2. The van der Waals surface area contributed by atoms with Gasteiger partial charge in [-0.25, -0.2) is 0 Å². The normalized spacial score (nSPS) is 10.8. The lowest BCUT2D eigenvalue weighted by Gasteiger charge is -2.22. The maximum Gasteiger partial charge on any atom is 0.191 e. The number of hydrazone groups is 1. The Kier molecular flexibility index (Phi) is 8.27. The van der Waals surface area contributed by atoms with Crippen LogP contribution in [-0.4, -0.2) is 24.4 Å². The molecule has 5 heteroatoms. The summed E-state index contributed by atoms with van der Waals surface area (Å²) in [7, 11) is 0. The number of nitrogens with zero attached hydrogens (tertiary/aromatic N) is 2. The highest BCUT2D eigenvalue weighted by atomic mass is 32.1. The molecule has 0 saturated heterocycles. The van der Waals surface area contributed by atoms with Gasteiger partial charge in [-0.1, -0.05) is 43.2 Å². The Morgan fingerprint density at radius 1 is 1.11 bits per heavy atom. The van der Waals surface area contributed by atoms with Crippen molar-refractivity contribution in [1.29, 1.82) is 0 Å². The van der Waals surface area contributed by atoms with Crippen molar-refractivity contribution in [2.24, 2.45) is 5.10 Å². The second kappa shape index (κ2) is 10.7. The molecular weight excluding hydrogens is 352 g/mol. The molecule has 2 N–H and O–H groups in total. The first-order valence-corrected chi connectivity index (χ1v) is 9.96. The highest BCUT2D eigenvalue weighted by molar-refractivity contribution is 7.80. The van der Waals surface area contributed by atoms with Gasteiger partial charge >= 0.3 is 0 Å². The van der Waals surface area contributed by atoms with Crippen molar-refractivity contribution in [3.63, 3.8) is 0 Å². The second-order valence-corrected chi connectivity index (χ2v) is 7.08. The number of rotatable bonds is 8. The van der Waals surface area contributed by atoms with Gasteiger partial charge in [0.25, 0.3) is 0 Å². The summed E-state index contributed by atoms with van der Waals surface area (Å²) in [6.45, 7) is 10.7. The number of hydrogen-bond donors (Lipinski definition) is 2. The fourth-order valence-electron chi connectivity index (χ4n) is 2.86. The summed E-state index contributed by atoms with van der Waals surface area (Å²) in [5.74, 6) is 0. The van der Waals surface area contributed by atoms with Crippen LogP contribution >= 0.6 is 12.2 Å². The summed E-state index contributed by atoms with van der Waals surface area (Å²) in [6, 6.07) is 14.7. The van der Waals surface area contributed by atoms with Crippen LogP contribution in [0.3, 0.4) is 0 Å². The smallest absolute Gasteiger partial charge is 0.191 e. The molecule has 0 aliphatic rings. The van der Waals surface area contributed by atoms with E-state index in [0.717, 1.165) is 29.9 Å². The molecule has 144 valence electrons. The van der Waals surface area contributed by atoms with Crippen LogP contribution in [0.2, 0.25) is 0 Å². The molecule has 0 atom stereocenters. The Bertz CT molecular complexity index is 768. The molecule has 0 unspecified atom stereocenters. The molecule has 4 nitrogen and oxygen atoms in total. The monoisotopic (exact) mass is 382 g/mol.